The normalized spacial score (nSPS) is 17.4. The van der Waals surface area contributed by atoms with E-state index in [-0.39, 0.29) is 11.6 Å². The quantitative estimate of drug-likeness (QED) is 0.798. The fourth-order valence-electron chi connectivity index (χ4n) is 2.59. The lowest BCUT2D eigenvalue weighted by Gasteiger charge is -2.23. The Bertz CT molecular complexity index is 633. The van der Waals surface area contributed by atoms with Crippen molar-refractivity contribution < 1.29 is 19.1 Å². The summed E-state index contributed by atoms with van der Waals surface area (Å²) in [5, 5.41) is 0. The lowest BCUT2D eigenvalue weighted by molar-refractivity contribution is -0.140. The molecule has 5 nitrogen and oxygen atoms in total. The third-order valence-electron chi connectivity index (χ3n) is 3.69. The first-order chi connectivity index (χ1) is 10.5. The predicted molar refractivity (Wildman–Crippen MR) is 82.4 cm³/mol. The summed E-state index contributed by atoms with van der Waals surface area (Å²) in [6.07, 6.45) is 0. The van der Waals surface area contributed by atoms with Gasteiger partial charge in [0, 0.05) is 18.2 Å². The van der Waals surface area contributed by atoms with Gasteiger partial charge in [0.15, 0.2) is 0 Å². The van der Waals surface area contributed by atoms with Crippen molar-refractivity contribution in [3.05, 3.63) is 53.7 Å². The molecule has 5 heteroatoms. The summed E-state index contributed by atoms with van der Waals surface area (Å²) in [5.74, 6) is -1.24. The van der Waals surface area contributed by atoms with E-state index in [4.69, 9.17) is 9.47 Å². The summed E-state index contributed by atoms with van der Waals surface area (Å²) in [4.78, 5) is 25.9. The van der Waals surface area contributed by atoms with Crippen LogP contribution in [0, 0.1) is 5.92 Å². The molecule has 0 spiro atoms. The number of hydrogen-bond acceptors (Lipinski definition) is 5. The zero-order chi connectivity index (χ0) is 16.3. The molecule has 0 N–H and O–H groups in total. The minimum absolute atomic E-state index is 0.151. The van der Waals surface area contributed by atoms with E-state index < -0.39 is 11.9 Å². The molecule has 2 rings (SSSR count). The maximum atomic E-state index is 12.2. The van der Waals surface area contributed by atoms with E-state index in [0.29, 0.717) is 17.8 Å². The Morgan fingerprint density at radius 1 is 1.14 bits per heavy atom. The molecule has 1 atom stereocenters. The third kappa shape index (κ3) is 2.74. The van der Waals surface area contributed by atoms with Crippen molar-refractivity contribution in [2.75, 3.05) is 20.8 Å². The third-order valence-corrected chi connectivity index (χ3v) is 3.69. The number of esters is 2. The van der Waals surface area contributed by atoms with Crippen molar-refractivity contribution >= 4 is 17.6 Å². The number of carbonyl (C=O) groups is 2. The van der Waals surface area contributed by atoms with Gasteiger partial charge in [0.1, 0.15) is 5.70 Å². The largest absolute Gasteiger partial charge is 0.466 e. The molecule has 0 radical (unpaired) electrons. The monoisotopic (exact) mass is 301 g/mol. The summed E-state index contributed by atoms with van der Waals surface area (Å²) in [7, 11) is 2.59. The van der Waals surface area contributed by atoms with Gasteiger partial charge in [-0.3, -0.25) is 0 Å². The van der Waals surface area contributed by atoms with Gasteiger partial charge in [0.25, 0.3) is 0 Å². The van der Waals surface area contributed by atoms with Crippen LogP contribution in [0.25, 0.3) is 5.70 Å². The van der Waals surface area contributed by atoms with Crippen molar-refractivity contribution in [2.45, 2.75) is 6.92 Å². The van der Waals surface area contributed by atoms with E-state index in [0.717, 1.165) is 5.56 Å². The van der Waals surface area contributed by atoms with Gasteiger partial charge in [-0.1, -0.05) is 43.8 Å². The summed E-state index contributed by atoms with van der Waals surface area (Å²) < 4.78 is 9.64. The first-order valence-corrected chi connectivity index (χ1v) is 6.93. The van der Waals surface area contributed by atoms with Gasteiger partial charge in [-0.2, -0.15) is 0 Å². The average Bonchev–Trinajstić information content (AvgIpc) is 2.90. The second-order valence-electron chi connectivity index (χ2n) is 5.07. The summed E-state index contributed by atoms with van der Waals surface area (Å²) in [6.45, 7) is 6.40. The van der Waals surface area contributed by atoms with E-state index in [1.165, 1.54) is 14.2 Å². The lowest BCUT2D eigenvalue weighted by atomic mass is 10.0. The Kier molecular flexibility index (Phi) is 4.65. The van der Waals surface area contributed by atoms with Crippen LogP contribution in [0.3, 0.4) is 0 Å². The number of nitrogens with zero attached hydrogens (tertiary/aromatic N) is 1. The zero-order valence-corrected chi connectivity index (χ0v) is 13.0. The molecule has 0 saturated carbocycles. The Labute approximate surface area is 129 Å². The zero-order valence-electron chi connectivity index (χ0n) is 13.0. The van der Waals surface area contributed by atoms with Crippen LogP contribution in [0.2, 0.25) is 0 Å². The van der Waals surface area contributed by atoms with Gasteiger partial charge in [0.05, 0.1) is 19.8 Å². The summed E-state index contributed by atoms with van der Waals surface area (Å²) >= 11 is 0. The average molecular weight is 301 g/mol. The second kappa shape index (κ2) is 6.47. The van der Waals surface area contributed by atoms with Crippen molar-refractivity contribution in [3.63, 3.8) is 0 Å². The smallest absolute Gasteiger partial charge is 0.355 e. The van der Waals surface area contributed by atoms with Gasteiger partial charge in [-0.15, -0.1) is 0 Å². The minimum Gasteiger partial charge on any atom is -0.466 e. The van der Waals surface area contributed by atoms with Crippen LogP contribution in [-0.4, -0.2) is 37.6 Å². The number of rotatable bonds is 4. The molecule has 0 aromatic heterocycles. The van der Waals surface area contributed by atoms with Gasteiger partial charge in [-0.05, 0) is 5.56 Å². The highest BCUT2D eigenvalue weighted by Gasteiger charge is 2.39. The lowest BCUT2D eigenvalue weighted by Crippen LogP contribution is -2.25. The number of ether oxygens (including phenoxy) is 2. The van der Waals surface area contributed by atoms with E-state index in [2.05, 4.69) is 6.58 Å². The fourth-order valence-corrected chi connectivity index (χ4v) is 2.59. The van der Waals surface area contributed by atoms with E-state index in [1.54, 1.807) is 4.90 Å². The standard InChI is InChI=1S/C17H19NO4/c1-11-10-18(12(2)13-8-6-5-7-9-13)15(17(20)22-4)14(11)16(19)21-3/h5-9,11H,2,10H2,1,3-4H3. The summed E-state index contributed by atoms with van der Waals surface area (Å²) in [5.41, 5.74) is 2.05. The van der Waals surface area contributed by atoms with Crippen LogP contribution in [-0.2, 0) is 19.1 Å². The van der Waals surface area contributed by atoms with Crippen molar-refractivity contribution in [1.29, 1.82) is 0 Å². The van der Waals surface area contributed by atoms with E-state index >= 15 is 0 Å². The Balaban J connectivity index is 2.48. The van der Waals surface area contributed by atoms with Crippen LogP contribution in [0.15, 0.2) is 48.2 Å². The van der Waals surface area contributed by atoms with Crippen LogP contribution < -0.4 is 0 Å². The van der Waals surface area contributed by atoms with Crippen LogP contribution in [0.4, 0.5) is 0 Å². The maximum Gasteiger partial charge on any atom is 0.355 e. The first kappa shape index (κ1) is 15.8. The van der Waals surface area contributed by atoms with E-state index in [9.17, 15) is 9.59 Å². The topological polar surface area (TPSA) is 55.8 Å². The molecule has 1 unspecified atom stereocenters. The molecule has 1 aromatic carbocycles. The number of benzene rings is 1. The Morgan fingerprint density at radius 2 is 1.73 bits per heavy atom. The van der Waals surface area contributed by atoms with Crippen molar-refractivity contribution in [2.24, 2.45) is 5.92 Å². The number of methoxy groups -OCH3 is 2. The molecule has 0 aliphatic carbocycles. The highest BCUT2D eigenvalue weighted by molar-refractivity contribution is 6.02. The molecule has 116 valence electrons. The predicted octanol–water partition coefficient (Wildman–Crippen LogP) is 2.21. The number of hydrogen-bond donors (Lipinski definition) is 0. The SMILES string of the molecule is C=C(c1ccccc1)N1CC(C)C(C(=O)OC)=C1C(=O)OC. The van der Waals surface area contributed by atoms with E-state index in [1.807, 2.05) is 37.3 Å². The molecule has 0 amide bonds. The molecular formula is C17H19NO4. The highest BCUT2D eigenvalue weighted by atomic mass is 16.5. The minimum atomic E-state index is -0.568. The van der Waals surface area contributed by atoms with Crippen molar-refractivity contribution in [3.8, 4) is 0 Å². The molecule has 1 aliphatic heterocycles. The molecule has 0 fully saturated rings. The fraction of sp³-hybridized carbons (Fsp3) is 0.294. The molecule has 22 heavy (non-hydrogen) atoms. The Hall–Kier alpha value is -2.56. The Morgan fingerprint density at radius 3 is 2.27 bits per heavy atom. The molecule has 1 aliphatic rings. The summed E-state index contributed by atoms with van der Waals surface area (Å²) in [6, 6.07) is 9.49. The van der Waals surface area contributed by atoms with Gasteiger partial charge in [-0.25, -0.2) is 9.59 Å². The van der Waals surface area contributed by atoms with Gasteiger partial charge >= 0.3 is 11.9 Å². The molecular weight excluding hydrogens is 282 g/mol. The van der Waals surface area contributed by atoms with Crippen LogP contribution in [0.5, 0.6) is 0 Å². The maximum absolute atomic E-state index is 12.2. The van der Waals surface area contributed by atoms with Crippen LogP contribution >= 0.6 is 0 Å². The first-order valence-electron chi connectivity index (χ1n) is 6.93. The second-order valence-corrected chi connectivity index (χ2v) is 5.07. The molecule has 1 aromatic rings. The van der Waals surface area contributed by atoms with Crippen molar-refractivity contribution in [1.82, 2.24) is 4.90 Å². The van der Waals surface area contributed by atoms with Gasteiger partial charge < -0.3 is 14.4 Å². The molecule has 0 bridgehead atoms. The van der Waals surface area contributed by atoms with Crippen LogP contribution in [0.1, 0.15) is 12.5 Å². The number of carbonyl (C=O) groups excluding carboxylic acids is 2. The highest BCUT2D eigenvalue weighted by Crippen LogP contribution is 2.35. The van der Waals surface area contributed by atoms with Gasteiger partial charge in [0.2, 0.25) is 0 Å². The molecule has 0 saturated heterocycles. The molecule has 1 heterocycles.